The van der Waals surface area contributed by atoms with Gasteiger partial charge >= 0.3 is 0 Å². The molecular weight excluding hydrogens is 312 g/mol. The van der Waals surface area contributed by atoms with Crippen LogP contribution in [0.2, 0.25) is 0 Å². The van der Waals surface area contributed by atoms with E-state index in [-0.39, 0.29) is 5.91 Å². The summed E-state index contributed by atoms with van der Waals surface area (Å²) in [6.45, 7) is 6.05. The minimum absolute atomic E-state index is 0.0818. The van der Waals surface area contributed by atoms with Crippen molar-refractivity contribution in [1.82, 2.24) is 24.6 Å². The van der Waals surface area contributed by atoms with Crippen LogP contribution in [-0.2, 0) is 11.3 Å². The number of aryl methyl sites for hydroxylation is 2. The minimum atomic E-state index is 0.0818. The predicted octanol–water partition coefficient (Wildman–Crippen LogP) is 1.48. The van der Waals surface area contributed by atoms with Gasteiger partial charge in [0.15, 0.2) is 5.13 Å². The van der Waals surface area contributed by atoms with Gasteiger partial charge in [0.1, 0.15) is 11.6 Å². The molecular formula is C15H22N6OS. The highest BCUT2D eigenvalue weighted by Gasteiger charge is 2.28. The molecule has 2 aromatic rings. The lowest BCUT2D eigenvalue weighted by atomic mass is 10.2. The lowest BCUT2D eigenvalue weighted by Crippen LogP contribution is -2.42. The van der Waals surface area contributed by atoms with E-state index in [1.807, 2.05) is 23.9 Å². The lowest BCUT2D eigenvalue weighted by Gasteiger charge is -2.25. The van der Waals surface area contributed by atoms with Gasteiger partial charge in [0.2, 0.25) is 5.91 Å². The monoisotopic (exact) mass is 334 g/mol. The van der Waals surface area contributed by atoms with E-state index >= 15 is 0 Å². The van der Waals surface area contributed by atoms with Crippen molar-refractivity contribution in [2.45, 2.75) is 39.3 Å². The largest absolute Gasteiger partial charge is 0.290 e. The first kappa shape index (κ1) is 16.1. The summed E-state index contributed by atoms with van der Waals surface area (Å²) in [5.74, 6) is 1.81. The van der Waals surface area contributed by atoms with Crippen molar-refractivity contribution in [2.24, 2.45) is 0 Å². The van der Waals surface area contributed by atoms with Crippen LogP contribution in [0.25, 0.3) is 0 Å². The number of likely N-dealkylation sites (N-methyl/N-ethyl adjacent to an activating group) is 1. The molecule has 0 spiro atoms. The van der Waals surface area contributed by atoms with Gasteiger partial charge in [-0.05, 0) is 33.2 Å². The second-order valence-corrected chi connectivity index (χ2v) is 6.80. The molecule has 1 amide bonds. The average molecular weight is 334 g/mol. The number of rotatable bonds is 5. The van der Waals surface area contributed by atoms with Crippen molar-refractivity contribution in [3.05, 3.63) is 23.2 Å². The van der Waals surface area contributed by atoms with Gasteiger partial charge in [-0.1, -0.05) is 0 Å². The van der Waals surface area contributed by atoms with Gasteiger partial charge in [-0.3, -0.25) is 14.6 Å². The molecule has 8 heteroatoms. The molecule has 2 aromatic heterocycles. The molecule has 1 aliphatic heterocycles. The van der Waals surface area contributed by atoms with Gasteiger partial charge in [0, 0.05) is 24.7 Å². The van der Waals surface area contributed by atoms with Crippen molar-refractivity contribution in [3.8, 4) is 0 Å². The second kappa shape index (κ2) is 6.76. The zero-order chi connectivity index (χ0) is 16.4. The molecule has 1 unspecified atom stereocenters. The van der Waals surface area contributed by atoms with E-state index in [0.717, 1.165) is 42.7 Å². The van der Waals surface area contributed by atoms with Crippen LogP contribution in [0.1, 0.15) is 24.5 Å². The molecule has 3 heterocycles. The van der Waals surface area contributed by atoms with Gasteiger partial charge < -0.3 is 0 Å². The van der Waals surface area contributed by atoms with Gasteiger partial charge in [0.25, 0.3) is 0 Å². The number of carbonyl (C=O) groups is 1. The number of amides is 1. The molecule has 0 aliphatic carbocycles. The Bertz CT molecular complexity index is 668. The normalized spacial score (nSPS) is 18.5. The summed E-state index contributed by atoms with van der Waals surface area (Å²) in [5, 5.41) is 7.06. The van der Waals surface area contributed by atoms with Gasteiger partial charge in [0.05, 0.1) is 13.1 Å². The molecule has 3 rings (SSSR count). The minimum Gasteiger partial charge on any atom is -0.290 e. The third-order valence-electron chi connectivity index (χ3n) is 4.26. The highest BCUT2D eigenvalue weighted by Crippen LogP contribution is 2.21. The molecule has 0 radical (unpaired) electrons. The van der Waals surface area contributed by atoms with Crippen LogP contribution in [0.3, 0.4) is 0 Å². The van der Waals surface area contributed by atoms with E-state index in [0.29, 0.717) is 12.6 Å². The van der Waals surface area contributed by atoms with Gasteiger partial charge in [-0.2, -0.15) is 5.10 Å². The zero-order valence-electron chi connectivity index (χ0n) is 13.8. The summed E-state index contributed by atoms with van der Waals surface area (Å²) in [7, 11) is 1.79. The molecule has 1 aliphatic rings. The molecule has 0 saturated carbocycles. The first-order valence-corrected chi connectivity index (χ1v) is 8.70. The van der Waals surface area contributed by atoms with E-state index in [4.69, 9.17) is 0 Å². The Morgan fingerprint density at radius 3 is 2.96 bits per heavy atom. The molecule has 1 saturated heterocycles. The molecule has 0 N–H and O–H groups in total. The highest BCUT2D eigenvalue weighted by atomic mass is 32.1. The van der Waals surface area contributed by atoms with Crippen LogP contribution in [0.4, 0.5) is 5.13 Å². The molecule has 1 atom stereocenters. The molecule has 124 valence electrons. The first-order chi connectivity index (χ1) is 11.0. The Hall–Kier alpha value is -1.80. The standard InChI is InChI=1S/C15H22N6OS/c1-11-17-12(2)21(18-11)9-13-5-4-7-20(13)10-14(22)19(3)15-16-6-8-23-15/h6,8,13H,4-5,7,9-10H2,1-3H3. The maximum absolute atomic E-state index is 12.5. The van der Waals surface area contributed by atoms with Crippen LogP contribution in [0.5, 0.6) is 0 Å². The van der Waals surface area contributed by atoms with Gasteiger partial charge in [-0.25, -0.2) is 14.6 Å². The number of nitrogens with zero attached hydrogens (tertiary/aromatic N) is 6. The number of anilines is 1. The number of likely N-dealkylation sites (tertiary alicyclic amines) is 1. The van der Waals surface area contributed by atoms with Crippen molar-refractivity contribution in [1.29, 1.82) is 0 Å². The second-order valence-electron chi connectivity index (χ2n) is 5.92. The van der Waals surface area contributed by atoms with E-state index in [2.05, 4.69) is 20.0 Å². The zero-order valence-corrected chi connectivity index (χ0v) is 14.6. The van der Waals surface area contributed by atoms with Crippen LogP contribution in [-0.4, -0.2) is 56.7 Å². The van der Waals surface area contributed by atoms with Crippen molar-refractivity contribution in [3.63, 3.8) is 0 Å². The molecule has 1 fully saturated rings. The van der Waals surface area contributed by atoms with E-state index in [1.54, 1.807) is 18.1 Å². The molecule has 0 aromatic carbocycles. The topological polar surface area (TPSA) is 67.2 Å². The maximum Gasteiger partial charge on any atom is 0.242 e. The molecule has 7 nitrogen and oxygen atoms in total. The summed E-state index contributed by atoms with van der Waals surface area (Å²) in [4.78, 5) is 24.9. The maximum atomic E-state index is 12.5. The average Bonchev–Trinajstić information content (AvgIpc) is 3.22. The van der Waals surface area contributed by atoms with E-state index in [1.165, 1.54) is 11.3 Å². The van der Waals surface area contributed by atoms with Crippen LogP contribution in [0.15, 0.2) is 11.6 Å². The van der Waals surface area contributed by atoms with Crippen molar-refractivity contribution < 1.29 is 4.79 Å². The van der Waals surface area contributed by atoms with Crippen LogP contribution >= 0.6 is 11.3 Å². The quantitative estimate of drug-likeness (QED) is 0.828. The van der Waals surface area contributed by atoms with Gasteiger partial charge in [-0.15, -0.1) is 11.3 Å². The van der Waals surface area contributed by atoms with Crippen LogP contribution in [0, 0.1) is 13.8 Å². The van der Waals surface area contributed by atoms with Crippen molar-refractivity contribution >= 4 is 22.4 Å². The number of hydrogen-bond donors (Lipinski definition) is 0. The fraction of sp³-hybridized carbons (Fsp3) is 0.600. The Labute approximate surface area is 140 Å². The van der Waals surface area contributed by atoms with Crippen molar-refractivity contribution in [2.75, 3.05) is 25.0 Å². The van der Waals surface area contributed by atoms with Crippen LogP contribution < -0.4 is 4.90 Å². The predicted molar refractivity (Wildman–Crippen MR) is 89.6 cm³/mol. The molecule has 0 bridgehead atoms. The van der Waals surface area contributed by atoms with E-state index in [9.17, 15) is 4.79 Å². The Kier molecular flexibility index (Phi) is 4.72. The number of carbonyl (C=O) groups excluding carboxylic acids is 1. The SMILES string of the molecule is Cc1nc(C)n(CC2CCCN2CC(=O)N(C)c2nccs2)n1. The summed E-state index contributed by atoms with van der Waals surface area (Å²) in [6.07, 6.45) is 3.93. The van der Waals surface area contributed by atoms with E-state index < -0.39 is 0 Å². The number of hydrogen-bond acceptors (Lipinski definition) is 6. The smallest absolute Gasteiger partial charge is 0.242 e. The summed E-state index contributed by atoms with van der Waals surface area (Å²) in [5.41, 5.74) is 0. The number of aromatic nitrogens is 4. The Morgan fingerprint density at radius 1 is 1.48 bits per heavy atom. The third-order valence-corrected chi connectivity index (χ3v) is 5.11. The fourth-order valence-electron chi connectivity index (χ4n) is 3.01. The third kappa shape index (κ3) is 3.59. The Morgan fingerprint density at radius 2 is 2.30 bits per heavy atom. The fourth-order valence-corrected chi connectivity index (χ4v) is 3.64. The number of thiazole rings is 1. The summed E-state index contributed by atoms with van der Waals surface area (Å²) < 4.78 is 1.95. The highest BCUT2D eigenvalue weighted by molar-refractivity contribution is 7.13. The molecule has 23 heavy (non-hydrogen) atoms. The summed E-state index contributed by atoms with van der Waals surface area (Å²) in [6, 6.07) is 0.337. The Balaban J connectivity index is 1.62. The first-order valence-electron chi connectivity index (χ1n) is 7.82. The lowest BCUT2D eigenvalue weighted by molar-refractivity contribution is -0.119. The summed E-state index contributed by atoms with van der Waals surface area (Å²) >= 11 is 1.48.